The van der Waals surface area contributed by atoms with Gasteiger partial charge in [-0.15, -0.1) is 16.4 Å². The van der Waals surface area contributed by atoms with Gasteiger partial charge in [0.15, 0.2) is 12.5 Å². The molecule has 1 aliphatic heterocycles. The normalized spacial score (nSPS) is 20.3. The van der Waals surface area contributed by atoms with Gasteiger partial charge in [0.1, 0.15) is 0 Å². The lowest BCUT2D eigenvalue weighted by molar-refractivity contribution is -0.929. The number of thiophene rings is 1. The highest BCUT2D eigenvalue weighted by Crippen LogP contribution is 2.24. The van der Waals surface area contributed by atoms with E-state index < -0.39 is 0 Å². The second-order valence-corrected chi connectivity index (χ2v) is 8.56. The SMILES string of the molecule is CC1CC[NH+](Cn2nc(-c3cccs3)n(Cc3ccccc3)c2=S)CC1. The van der Waals surface area contributed by atoms with Gasteiger partial charge in [-0.2, -0.15) is 4.68 Å². The van der Waals surface area contributed by atoms with Gasteiger partial charge >= 0.3 is 0 Å². The van der Waals surface area contributed by atoms with E-state index in [9.17, 15) is 0 Å². The van der Waals surface area contributed by atoms with Gasteiger partial charge < -0.3 is 4.90 Å². The highest BCUT2D eigenvalue weighted by molar-refractivity contribution is 7.71. The zero-order valence-electron chi connectivity index (χ0n) is 15.1. The van der Waals surface area contributed by atoms with Gasteiger partial charge in [0, 0.05) is 0 Å². The second kappa shape index (κ2) is 7.86. The fraction of sp³-hybridized carbons (Fsp3) is 0.400. The lowest BCUT2D eigenvalue weighted by Crippen LogP contribution is -3.12. The van der Waals surface area contributed by atoms with Crippen molar-refractivity contribution in [2.24, 2.45) is 5.92 Å². The molecule has 3 heterocycles. The molecular weight excluding hydrogens is 360 g/mol. The van der Waals surface area contributed by atoms with Crippen molar-refractivity contribution in [3.63, 3.8) is 0 Å². The summed E-state index contributed by atoms with van der Waals surface area (Å²) in [6.07, 6.45) is 2.59. The zero-order chi connectivity index (χ0) is 17.9. The van der Waals surface area contributed by atoms with Crippen LogP contribution in [0.25, 0.3) is 10.7 Å². The molecule has 0 aliphatic carbocycles. The number of nitrogens with one attached hydrogen (secondary N) is 1. The van der Waals surface area contributed by atoms with Crippen molar-refractivity contribution in [1.29, 1.82) is 0 Å². The lowest BCUT2D eigenvalue weighted by atomic mass is 10.00. The van der Waals surface area contributed by atoms with Crippen molar-refractivity contribution >= 4 is 23.6 Å². The Morgan fingerprint density at radius 3 is 2.62 bits per heavy atom. The average molecular weight is 386 g/mol. The molecular formula is C20H25N4S2+. The van der Waals surface area contributed by atoms with Crippen LogP contribution in [0, 0.1) is 10.7 Å². The third-order valence-corrected chi connectivity index (χ3v) is 6.50. The maximum absolute atomic E-state index is 5.83. The van der Waals surface area contributed by atoms with E-state index in [4.69, 9.17) is 17.3 Å². The Kier molecular flexibility index (Phi) is 5.33. The first-order valence-corrected chi connectivity index (χ1v) is 10.6. The molecule has 6 heteroatoms. The van der Waals surface area contributed by atoms with Crippen LogP contribution >= 0.6 is 23.6 Å². The van der Waals surface area contributed by atoms with Gasteiger partial charge in [0.05, 0.1) is 24.5 Å². The van der Waals surface area contributed by atoms with Gasteiger partial charge in [-0.1, -0.05) is 43.3 Å². The molecule has 1 saturated heterocycles. The molecule has 0 saturated carbocycles. The van der Waals surface area contributed by atoms with E-state index in [0.29, 0.717) is 0 Å². The maximum atomic E-state index is 5.83. The van der Waals surface area contributed by atoms with Crippen LogP contribution < -0.4 is 4.90 Å². The van der Waals surface area contributed by atoms with Crippen molar-refractivity contribution in [2.45, 2.75) is 33.0 Å². The molecule has 0 amide bonds. The Labute approximate surface area is 163 Å². The average Bonchev–Trinajstić information content (AvgIpc) is 3.28. The minimum absolute atomic E-state index is 0.763. The molecule has 0 bridgehead atoms. The highest BCUT2D eigenvalue weighted by Gasteiger charge is 2.21. The molecule has 4 nitrogen and oxygen atoms in total. The largest absolute Gasteiger partial charge is 0.316 e. The van der Waals surface area contributed by atoms with Crippen molar-refractivity contribution in [3.05, 3.63) is 58.2 Å². The Morgan fingerprint density at radius 2 is 1.92 bits per heavy atom. The summed E-state index contributed by atoms with van der Waals surface area (Å²) < 4.78 is 5.05. The van der Waals surface area contributed by atoms with E-state index in [0.717, 1.165) is 29.7 Å². The van der Waals surface area contributed by atoms with E-state index in [2.05, 4.69) is 53.3 Å². The van der Waals surface area contributed by atoms with Crippen LogP contribution in [0.1, 0.15) is 25.3 Å². The first-order valence-electron chi connectivity index (χ1n) is 9.29. The summed E-state index contributed by atoms with van der Waals surface area (Å²) in [6, 6.07) is 14.7. The quantitative estimate of drug-likeness (QED) is 0.681. The molecule has 1 fully saturated rings. The number of nitrogens with zero attached hydrogens (tertiary/aromatic N) is 3. The van der Waals surface area contributed by atoms with Gasteiger partial charge in [-0.25, -0.2) is 0 Å². The molecule has 136 valence electrons. The summed E-state index contributed by atoms with van der Waals surface area (Å²) in [7, 11) is 0. The Bertz CT molecular complexity index is 888. The summed E-state index contributed by atoms with van der Waals surface area (Å²) in [5.41, 5.74) is 1.25. The van der Waals surface area contributed by atoms with Gasteiger partial charge in [-0.3, -0.25) is 4.57 Å². The third kappa shape index (κ3) is 3.82. The Balaban J connectivity index is 1.65. The van der Waals surface area contributed by atoms with Crippen molar-refractivity contribution in [3.8, 4) is 10.7 Å². The Hall–Kier alpha value is -1.76. The zero-order valence-corrected chi connectivity index (χ0v) is 16.7. The highest BCUT2D eigenvalue weighted by atomic mass is 32.1. The maximum Gasteiger partial charge on any atom is 0.203 e. The van der Waals surface area contributed by atoms with Crippen molar-refractivity contribution in [2.75, 3.05) is 13.1 Å². The topological polar surface area (TPSA) is 27.2 Å². The summed E-state index contributed by atoms with van der Waals surface area (Å²) in [4.78, 5) is 2.76. The number of hydrogen-bond acceptors (Lipinski definition) is 3. The van der Waals surface area contributed by atoms with E-state index >= 15 is 0 Å². The van der Waals surface area contributed by atoms with Crippen LogP contribution in [0.3, 0.4) is 0 Å². The molecule has 1 N–H and O–H groups in total. The van der Waals surface area contributed by atoms with Crippen LogP contribution in [0.5, 0.6) is 0 Å². The van der Waals surface area contributed by atoms with E-state index in [1.807, 2.05) is 10.7 Å². The predicted octanol–water partition coefficient (Wildman–Crippen LogP) is 3.46. The third-order valence-electron chi connectivity index (χ3n) is 5.20. The van der Waals surface area contributed by atoms with E-state index in [-0.39, 0.29) is 0 Å². The van der Waals surface area contributed by atoms with E-state index in [1.165, 1.54) is 36.4 Å². The van der Waals surface area contributed by atoms with Gasteiger partial charge in [0.25, 0.3) is 0 Å². The van der Waals surface area contributed by atoms with Crippen LogP contribution in [0.15, 0.2) is 47.8 Å². The molecule has 0 atom stereocenters. The molecule has 0 unspecified atom stereocenters. The summed E-state index contributed by atoms with van der Waals surface area (Å²) in [5, 5.41) is 7.03. The van der Waals surface area contributed by atoms with Gasteiger partial charge in [-0.05, 0) is 48.0 Å². The number of aromatic nitrogens is 3. The number of rotatable bonds is 5. The first kappa shape index (κ1) is 17.6. The standard InChI is InChI=1S/C20H24N4S2/c1-16-9-11-22(12-10-16)15-24-20(25)23(14-17-6-3-2-4-7-17)19(21-24)18-8-5-13-26-18/h2-8,13,16H,9-12,14-15H2,1H3/p+1. The number of benzene rings is 1. The van der Waals surface area contributed by atoms with Crippen LogP contribution in [-0.2, 0) is 13.2 Å². The molecule has 0 spiro atoms. The monoisotopic (exact) mass is 385 g/mol. The minimum Gasteiger partial charge on any atom is -0.316 e. The summed E-state index contributed by atoms with van der Waals surface area (Å²) >= 11 is 7.55. The summed E-state index contributed by atoms with van der Waals surface area (Å²) in [5.74, 6) is 1.84. The molecule has 1 aliphatic rings. The first-order chi connectivity index (χ1) is 12.7. The summed E-state index contributed by atoms with van der Waals surface area (Å²) in [6.45, 7) is 6.41. The smallest absolute Gasteiger partial charge is 0.203 e. The van der Waals surface area contributed by atoms with Crippen molar-refractivity contribution in [1.82, 2.24) is 14.3 Å². The second-order valence-electron chi connectivity index (χ2n) is 7.25. The predicted molar refractivity (Wildman–Crippen MR) is 109 cm³/mol. The number of quaternary nitrogens is 1. The molecule has 0 radical (unpaired) electrons. The molecule has 26 heavy (non-hydrogen) atoms. The van der Waals surface area contributed by atoms with E-state index in [1.54, 1.807) is 16.2 Å². The molecule has 3 aromatic rings. The fourth-order valence-corrected chi connectivity index (χ4v) is 4.55. The van der Waals surface area contributed by atoms with Crippen LogP contribution in [0.2, 0.25) is 0 Å². The number of likely N-dealkylation sites (tertiary alicyclic amines) is 1. The Morgan fingerprint density at radius 1 is 1.15 bits per heavy atom. The van der Waals surface area contributed by atoms with Crippen molar-refractivity contribution < 1.29 is 4.90 Å². The fourth-order valence-electron chi connectivity index (χ4n) is 3.58. The molecule has 2 aromatic heterocycles. The molecule has 1 aromatic carbocycles. The number of piperidine rings is 1. The molecule has 4 rings (SSSR count). The lowest BCUT2D eigenvalue weighted by Gasteiger charge is -2.26. The van der Waals surface area contributed by atoms with Gasteiger partial charge in [0.2, 0.25) is 4.77 Å². The number of hydrogen-bond donors (Lipinski definition) is 1. The minimum atomic E-state index is 0.763. The van der Waals surface area contributed by atoms with Crippen LogP contribution in [0.4, 0.5) is 0 Å². The van der Waals surface area contributed by atoms with Crippen LogP contribution in [-0.4, -0.2) is 27.4 Å².